The summed E-state index contributed by atoms with van der Waals surface area (Å²) >= 11 is 0. The third-order valence-electron chi connectivity index (χ3n) is 2.36. The molecule has 2 aromatic carbocycles. The standard InChI is InChI=1S/C12H12O2/c1-8-7-11(13)9-5-3-4-6-10(9)12(8)14-2/h3-7,13H,1-2H3. The molecule has 0 fully saturated rings. The van der Waals surface area contributed by atoms with Crippen LogP contribution >= 0.6 is 0 Å². The first kappa shape index (κ1) is 8.88. The van der Waals surface area contributed by atoms with Crippen LogP contribution in [-0.2, 0) is 0 Å². The number of methoxy groups -OCH3 is 1. The largest absolute Gasteiger partial charge is 0.507 e. The van der Waals surface area contributed by atoms with E-state index >= 15 is 0 Å². The van der Waals surface area contributed by atoms with E-state index < -0.39 is 0 Å². The Balaban J connectivity index is 2.90. The summed E-state index contributed by atoms with van der Waals surface area (Å²) in [7, 11) is 1.64. The number of rotatable bonds is 1. The van der Waals surface area contributed by atoms with Crippen LogP contribution in [0.2, 0.25) is 0 Å². The van der Waals surface area contributed by atoms with Crippen molar-refractivity contribution in [2.24, 2.45) is 0 Å². The molecule has 2 heteroatoms. The smallest absolute Gasteiger partial charge is 0.129 e. The van der Waals surface area contributed by atoms with Crippen molar-refractivity contribution in [2.75, 3.05) is 7.11 Å². The SMILES string of the molecule is COc1c(C)cc(O)c2ccccc12. The summed E-state index contributed by atoms with van der Waals surface area (Å²) in [6, 6.07) is 9.38. The lowest BCUT2D eigenvalue weighted by Crippen LogP contribution is -1.88. The fourth-order valence-corrected chi connectivity index (χ4v) is 1.74. The molecule has 0 atom stereocenters. The molecule has 1 N–H and O–H groups in total. The van der Waals surface area contributed by atoms with Crippen LogP contribution < -0.4 is 4.74 Å². The molecule has 0 saturated heterocycles. The molecular weight excluding hydrogens is 176 g/mol. The average molecular weight is 188 g/mol. The van der Waals surface area contributed by atoms with E-state index in [9.17, 15) is 5.11 Å². The Hall–Kier alpha value is -1.70. The number of benzene rings is 2. The van der Waals surface area contributed by atoms with Crippen LogP contribution in [0.5, 0.6) is 11.5 Å². The topological polar surface area (TPSA) is 29.5 Å². The van der Waals surface area contributed by atoms with Gasteiger partial charge >= 0.3 is 0 Å². The summed E-state index contributed by atoms with van der Waals surface area (Å²) < 4.78 is 5.30. The highest BCUT2D eigenvalue weighted by Crippen LogP contribution is 2.35. The highest BCUT2D eigenvalue weighted by atomic mass is 16.5. The van der Waals surface area contributed by atoms with Gasteiger partial charge in [0.25, 0.3) is 0 Å². The maximum absolute atomic E-state index is 9.72. The van der Waals surface area contributed by atoms with Crippen molar-refractivity contribution in [1.82, 2.24) is 0 Å². The molecule has 0 aliphatic carbocycles. The summed E-state index contributed by atoms with van der Waals surface area (Å²) in [6.45, 7) is 1.92. The summed E-state index contributed by atoms with van der Waals surface area (Å²) in [5, 5.41) is 11.5. The van der Waals surface area contributed by atoms with Gasteiger partial charge in [0.2, 0.25) is 0 Å². The van der Waals surface area contributed by atoms with Gasteiger partial charge < -0.3 is 9.84 Å². The van der Waals surface area contributed by atoms with Crippen LogP contribution in [0.1, 0.15) is 5.56 Å². The van der Waals surface area contributed by atoms with E-state index in [-0.39, 0.29) is 0 Å². The third-order valence-corrected chi connectivity index (χ3v) is 2.36. The Bertz CT molecular complexity index is 475. The zero-order valence-electron chi connectivity index (χ0n) is 8.24. The normalized spacial score (nSPS) is 10.4. The van der Waals surface area contributed by atoms with Crippen molar-refractivity contribution in [2.45, 2.75) is 6.92 Å². The van der Waals surface area contributed by atoms with Crippen LogP contribution in [0.15, 0.2) is 30.3 Å². The van der Waals surface area contributed by atoms with E-state index in [0.717, 1.165) is 22.1 Å². The Morgan fingerprint density at radius 2 is 1.79 bits per heavy atom. The van der Waals surface area contributed by atoms with E-state index in [2.05, 4.69) is 0 Å². The monoisotopic (exact) mass is 188 g/mol. The van der Waals surface area contributed by atoms with Crippen LogP contribution in [0.4, 0.5) is 0 Å². The molecule has 0 bridgehead atoms. The van der Waals surface area contributed by atoms with Crippen LogP contribution in [0, 0.1) is 6.92 Å². The number of hydrogen-bond acceptors (Lipinski definition) is 2. The molecule has 0 aliphatic heterocycles. The second kappa shape index (κ2) is 3.22. The molecular formula is C12H12O2. The zero-order chi connectivity index (χ0) is 10.1. The first-order valence-corrected chi connectivity index (χ1v) is 4.49. The maximum atomic E-state index is 9.72. The highest BCUT2D eigenvalue weighted by molar-refractivity contribution is 5.94. The lowest BCUT2D eigenvalue weighted by Gasteiger charge is -2.09. The van der Waals surface area contributed by atoms with Crippen molar-refractivity contribution >= 4 is 10.8 Å². The van der Waals surface area contributed by atoms with E-state index in [4.69, 9.17) is 4.74 Å². The fourth-order valence-electron chi connectivity index (χ4n) is 1.74. The van der Waals surface area contributed by atoms with Crippen molar-refractivity contribution in [3.63, 3.8) is 0 Å². The number of ether oxygens (including phenoxy) is 1. The summed E-state index contributed by atoms with van der Waals surface area (Å²) in [5.74, 6) is 1.14. The first-order chi connectivity index (χ1) is 6.74. The van der Waals surface area contributed by atoms with Crippen LogP contribution in [0.25, 0.3) is 10.8 Å². The van der Waals surface area contributed by atoms with Gasteiger partial charge in [0.1, 0.15) is 11.5 Å². The summed E-state index contributed by atoms with van der Waals surface area (Å²) in [6.07, 6.45) is 0. The lowest BCUT2D eigenvalue weighted by atomic mass is 10.1. The fraction of sp³-hybridized carbons (Fsp3) is 0.167. The van der Waals surface area contributed by atoms with Crippen molar-refractivity contribution in [3.8, 4) is 11.5 Å². The molecule has 0 aliphatic rings. The number of hydrogen-bond donors (Lipinski definition) is 1. The van der Waals surface area contributed by atoms with Gasteiger partial charge in [-0.15, -0.1) is 0 Å². The van der Waals surface area contributed by atoms with Gasteiger partial charge in [-0.1, -0.05) is 24.3 Å². The van der Waals surface area contributed by atoms with Gasteiger partial charge in [-0.05, 0) is 18.6 Å². The van der Waals surface area contributed by atoms with Crippen LogP contribution in [-0.4, -0.2) is 12.2 Å². The predicted octanol–water partition coefficient (Wildman–Crippen LogP) is 2.86. The van der Waals surface area contributed by atoms with Crippen LogP contribution in [0.3, 0.4) is 0 Å². The molecule has 0 unspecified atom stereocenters. The Labute approximate surface area is 82.8 Å². The number of phenols is 1. The van der Waals surface area contributed by atoms with Gasteiger partial charge in [-0.3, -0.25) is 0 Å². The Kier molecular flexibility index (Phi) is 2.04. The minimum atomic E-state index is 0.305. The van der Waals surface area contributed by atoms with E-state index in [1.165, 1.54) is 0 Å². The summed E-state index contributed by atoms with van der Waals surface area (Å²) in [4.78, 5) is 0. The Morgan fingerprint density at radius 3 is 2.43 bits per heavy atom. The second-order valence-electron chi connectivity index (χ2n) is 3.29. The molecule has 2 aromatic rings. The van der Waals surface area contributed by atoms with Gasteiger partial charge in [-0.25, -0.2) is 0 Å². The van der Waals surface area contributed by atoms with Gasteiger partial charge in [0.05, 0.1) is 7.11 Å². The van der Waals surface area contributed by atoms with E-state index in [1.807, 2.05) is 31.2 Å². The average Bonchev–Trinajstić information content (AvgIpc) is 2.18. The van der Waals surface area contributed by atoms with Gasteiger partial charge in [0, 0.05) is 10.8 Å². The zero-order valence-corrected chi connectivity index (χ0v) is 8.24. The van der Waals surface area contributed by atoms with E-state index in [1.54, 1.807) is 13.2 Å². The highest BCUT2D eigenvalue weighted by Gasteiger charge is 2.08. The molecule has 0 radical (unpaired) electrons. The molecule has 72 valence electrons. The molecule has 0 saturated carbocycles. The van der Waals surface area contributed by atoms with Gasteiger partial charge in [0.15, 0.2) is 0 Å². The molecule has 0 heterocycles. The summed E-state index contributed by atoms with van der Waals surface area (Å²) in [5.41, 5.74) is 0.948. The predicted molar refractivity (Wildman–Crippen MR) is 56.9 cm³/mol. The quantitative estimate of drug-likeness (QED) is 0.745. The molecule has 14 heavy (non-hydrogen) atoms. The number of aryl methyl sites for hydroxylation is 1. The Morgan fingerprint density at radius 1 is 1.14 bits per heavy atom. The third kappa shape index (κ3) is 1.20. The first-order valence-electron chi connectivity index (χ1n) is 4.49. The number of aromatic hydroxyl groups is 1. The second-order valence-corrected chi connectivity index (χ2v) is 3.29. The minimum Gasteiger partial charge on any atom is -0.507 e. The van der Waals surface area contributed by atoms with Crippen molar-refractivity contribution in [1.29, 1.82) is 0 Å². The number of phenolic OH excluding ortho intramolecular Hbond substituents is 1. The van der Waals surface area contributed by atoms with E-state index in [0.29, 0.717) is 5.75 Å². The van der Waals surface area contributed by atoms with Gasteiger partial charge in [-0.2, -0.15) is 0 Å². The number of fused-ring (bicyclic) bond motifs is 1. The van der Waals surface area contributed by atoms with Crippen molar-refractivity contribution in [3.05, 3.63) is 35.9 Å². The lowest BCUT2D eigenvalue weighted by molar-refractivity contribution is 0.415. The van der Waals surface area contributed by atoms with Crippen molar-refractivity contribution < 1.29 is 9.84 Å². The minimum absolute atomic E-state index is 0.305. The molecule has 0 amide bonds. The molecule has 2 rings (SSSR count). The maximum Gasteiger partial charge on any atom is 0.129 e. The molecule has 0 spiro atoms. The molecule has 0 aromatic heterocycles. The molecule has 2 nitrogen and oxygen atoms in total.